The lowest BCUT2D eigenvalue weighted by Crippen LogP contribution is -3.00. The van der Waals surface area contributed by atoms with Gasteiger partial charge in [0.15, 0.2) is 11.0 Å². The Labute approximate surface area is 195 Å². The molecule has 0 saturated heterocycles. The van der Waals surface area contributed by atoms with Gasteiger partial charge in [0, 0.05) is 0 Å². The molecule has 4 rings (SSSR count). The molecule has 0 fully saturated rings. The second-order valence-electron chi connectivity index (χ2n) is 7.60. The van der Waals surface area contributed by atoms with E-state index in [9.17, 15) is 0 Å². The summed E-state index contributed by atoms with van der Waals surface area (Å²) in [5.74, 6) is 2.10. The second-order valence-corrected chi connectivity index (χ2v) is 7.60. The number of hydrogen-bond acceptors (Lipinski definition) is 1. The van der Waals surface area contributed by atoms with Crippen LogP contribution in [0.4, 0.5) is 0 Å². The number of ether oxygens (including phenoxy) is 1. The van der Waals surface area contributed by atoms with Gasteiger partial charge in [-0.2, -0.15) is 0 Å². The van der Waals surface area contributed by atoms with Crippen molar-refractivity contribution in [2.24, 2.45) is 14.1 Å². The fourth-order valence-electron chi connectivity index (χ4n) is 4.10. The van der Waals surface area contributed by atoms with Crippen molar-refractivity contribution >= 4 is 17.1 Å². The Kier molecular flexibility index (Phi) is 6.66. The number of para-hydroxylation sites is 2. The molecule has 0 atom stereocenters. The summed E-state index contributed by atoms with van der Waals surface area (Å²) in [5, 5.41) is 0. The molecule has 1 aromatic heterocycles. The number of benzene rings is 3. The van der Waals surface area contributed by atoms with E-state index >= 15 is 0 Å². The molecule has 3 nitrogen and oxygen atoms in total. The zero-order valence-electron chi connectivity index (χ0n) is 17.9. The van der Waals surface area contributed by atoms with Gasteiger partial charge in [0.1, 0.15) is 12.4 Å². The van der Waals surface area contributed by atoms with Gasteiger partial charge in [-0.25, -0.2) is 9.13 Å². The van der Waals surface area contributed by atoms with Crippen molar-refractivity contribution < 1.29 is 33.3 Å². The number of nitrogens with zero attached hydrogens (tertiary/aromatic N) is 2. The number of rotatable bonds is 5. The number of aromatic nitrogens is 2. The minimum Gasteiger partial charge on any atom is -1.00 e. The highest BCUT2D eigenvalue weighted by molar-refractivity contribution is 5.77. The Morgan fingerprint density at radius 3 is 2.23 bits per heavy atom. The van der Waals surface area contributed by atoms with Crippen LogP contribution in [-0.2, 0) is 20.7 Å². The van der Waals surface area contributed by atoms with Crippen LogP contribution in [0.25, 0.3) is 28.5 Å². The fourth-order valence-corrected chi connectivity index (χ4v) is 4.10. The van der Waals surface area contributed by atoms with E-state index in [1.165, 1.54) is 33.5 Å². The monoisotopic (exact) mass is 510 g/mol. The maximum Gasteiger partial charge on any atom is 0.289 e. The topological polar surface area (TPSA) is 18.0 Å². The molecule has 0 radical (unpaired) electrons. The van der Waals surface area contributed by atoms with Gasteiger partial charge in [-0.15, -0.1) is 0 Å². The SMILES string of the molecule is C=Cc1ccc(COc2cc(C)c(-c3n(C)c4ccccc4[n+]3C)c(C)c2)cc1.[I-]. The van der Waals surface area contributed by atoms with Crippen LogP contribution >= 0.6 is 0 Å². The predicted molar refractivity (Wildman–Crippen MR) is 120 cm³/mol. The maximum absolute atomic E-state index is 6.10. The van der Waals surface area contributed by atoms with E-state index in [1.54, 1.807) is 0 Å². The van der Waals surface area contributed by atoms with Crippen molar-refractivity contribution in [3.8, 4) is 17.1 Å². The highest BCUT2D eigenvalue weighted by atomic mass is 127. The van der Waals surface area contributed by atoms with Gasteiger partial charge >= 0.3 is 0 Å². The van der Waals surface area contributed by atoms with Gasteiger partial charge in [-0.1, -0.05) is 49.1 Å². The standard InChI is InChI=1S/C26H27N2O.HI/c1-6-20-11-13-21(14-12-20)17-29-22-15-18(2)25(19(3)16-22)26-27(4)23-9-7-8-10-24(23)28(26)5;/h6-16H,1,17H2,2-5H3;1H/q+1;/p-1. The molecule has 0 saturated carbocycles. The second kappa shape index (κ2) is 9.04. The third-order valence-corrected chi connectivity index (χ3v) is 5.59. The summed E-state index contributed by atoms with van der Waals surface area (Å²) in [7, 11) is 4.27. The highest BCUT2D eigenvalue weighted by Crippen LogP contribution is 2.31. The Balaban J connectivity index is 0.00000256. The van der Waals surface area contributed by atoms with E-state index in [2.05, 4.69) is 104 Å². The summed E-state index contributed by atoms with van der Waals surface area (Å²) >= 11 is 0. The van der Waals surface area contributed by atoms with Gasteiger partial charge in [0.2, 0.25) is 0 Å². The molecule has 0 aliphatic carbocycles. The lowest BCUT2D eigenvalue weighted by molar-refractivity contribution is -0.634. The molecule has 3 aromatic carbocycles. The minimum atomic E-state index is 0. The van der Waals surface area contributed by atoms with Crippen LogP contribution in [0.15, 0.2) is 67.2 Å². The van der Waals surface area contributed by atoms with Crippen LogP contribution < -0.4 is 33.3 Å². The minimum absolute atomic E-state index is 0. The third-order valence-electron chi connectivity index (χ3n) is 5.59. The molecule has 0 aliphatic heterocycles. The van der Waals surface area contributed by atoms with Crippen molar-refractivity contribution in [2.45, 2.75) is 20.5 Å². The van der Waals surface area contributed by atoms with Crippen molar-refractivity contribution in [2.75, 3.05) is 0 Å². The molecule has 1 heterocycles. The fraction of sp³-hybridized carbons (Fsp3) is 0.192. The van der Waals surface area contributed by atoms with E-state index in [4.69, 9.17) is 4.74 Å². The van der Waals surface area contributed by atoms with E-state index in [-0.39, 0.29) is 24.0 Å². The summed E-state index contributed by atoms with van der Waals surface area (Å²) < 4.78 is 10.6. The molecular formula is C26H27IN2O. The van der Waals surface area contributed by atoms with Crippen LogP contribution in [0.1, 0.15) is 22.3 Å². The number of fused-ring (bicyclic) bond motifs is 1. The van der Waals surface area contributed by atoms with Crippen molar-refractivity contribution in [1.82, 2.24) is 4.57 Å². The molecule has 0 spiro atoms. The summed E-state index contributed by atoms with van der Waals surface area (Å²) in [5.41, 5.74) is 8.41. The van der Waals surface area contributed by atoms with Gasteiger partial charge in [-0.05, 0) is 60.4 Å². The average Bonchev–Trinajstić information content (AvgIpc) is 2.98. The van der Waals surface area contributed by atoms with E-state index in [0.29, 0.717) is 6.61 Å². The number of aryl methyl sites for hydroxylation is 4. The number of halogens is 1. The first-order valence-electron chi connectivity index (χ1n) is 9.89. The molecule has 0 bridgehead atoms. The normalized spacial score (nSPS) is 10.7. The maximum atomic E-state index is 6.10. The van der Waals surface area contributed by atoms with Crippen LogP contribution in [0.2, 0.25) is 0 Å². The molecule has 0 unspecified atom stereocenters. The Hall–Kier alpha value is -2.60. The molecule has 4 aromatic rings. The van der Waals surface area contributed by atoms with Crippen molar-refractivity contribution in [3.63, 3.8) is 0 Å². The molecule has 0 aliphatic rings. The van der Waals surface area contributed by atoms with E-state index in [1.807, 2.05) is 6.08 Å². The van der Waals surface area contributed by atoms with Gasteiger partial charge in [0.25, 0.3) is 5.82 Å². The van der Waals surface area contributed by atoms with Gasteiger partial charge in [0.05, 0.1) is 19.7 Å². The summed E-state index contributed by atoms with van der Waals surface area (Å²) in [6.07, 6.45) is 1.85. The summed E-state index contributed by atoms with van der Waals surface area (Å²) in [6, 6.07) is 21.1. The summed E-state index contributed by atoms with van der Waals surface area (Å²) in [4.78, 5) is 0. The first-order chi connectivity index (χ1) is 14.0. The first-order valence-corrected chi connectivity index (χ1v) is 9.89. The number of imidazole rings is 1. The molecular weight excluding hydrogens is 483 g/mol. The summed E-state index contributed by atoms with van der Waals surface area (Å²) in [6.45, 7) is 8.67. The Morgan fingerprint density at radius 1 is 1.00 bits per heavy atom. The quantitative estimate of drug-likeness (QED) is 0.298. The largest absolute Gasteiger partial charge is 1.00 e. The number of hydrogen-bond donors (Lipinski definition) is 0. The zero-order valence-corrected chi connectivity index (χ0v) is 20.1. The molecule has 30 heavy (non-hydrogen) atoms. The van der Waals surface area contributed by atoms with Crippen LogP contribution in [0.5, 0.6) is 5.75 Å². The first kappa shape index (κ1) is 22.1. The highest BCUT2D eigenvalue weighted by Gasteiger charge is 2.24. The predicted octanol–water partition coefficient (Wildman–Crippen LogP) is 2.51. The lowest BCUT2D eigenvalue weighted by Gasteiger charge is -2.12. The molecule has 4 heteroatoms. The third kappa shape index (κ3) is 4.01. The van der Waals surface area contributed by atoms with Crippen molar-refractivity contribution in [1.29, 1.82) is 0 Å². The van der Waals surface area contributed by atoms with E-state index in [0.717, 1.165) is 16.9 Å². The molecule has 0 amide bonds. The van der Waals surface area contributed by atoms with Crippen LogP contribution in [0, 0.1) is 13.8 Å². The molecule has 0 N–H and O–H groups in total. The van der Waals surface area contributed by atoms with Crippen LogP contribution in [-0.4, -0.2) is 4.57 Å². The van der Waals surface area contributed by atoms with Crippen molar-refractivity contribution in [3.05, 3.63) is 89.5 Å². The van der Waals surface area contributed by atoms with Crippen LogP contribution in [0.3, 0.4) is 0 Å². The Bertz CT molecular complexity index is 1140. The average molecular weight is 510 g/mol. The smallest absolute Gasteiger partial charge is 0.289 e. The van der Waals surface area contributed by atoms with Gasteiger partial charge in [-0.3, -0.25) is 0 Å². The lowest BCUT2D eigenvalue weighted by atomic mass is 10.0. The Morgan fingerprint density at radius 2 is 1.63 bits per heavy atom. The zero-order chi connectivity index (χ0) is 20.5. The molecule has 154 valence electrons. The van der Waals surface area contributed by atoms with E-state index < -0.39 is 0 Å². The van der Waals surface area contributed by atoms with Gasteiger partial charge < -0.3 is 28.7 Å².